The Morgan fingerprint density at radius 2 is 2.31 bits per heavy atom. The van der Waals surface area contributed by atoms with Gasteiger partial charge < -0.3 is 19.9 Å². The zero-order chi connectivity index (χ0) is 18.5. The Hall–Kier alpha value is -2.48. The second kappa shape index (κ2) is 8.27. The van der Waals surface area contributed by atoms with Crippen LogP contribution in [0.25, 0.3) is 0 Å². The number of ether oxygens (including phenoxy) is 1. The molecule has 0 radical (unpaired) electrons. The topological polar surface area (TPSA) is 89.3 Å². The Morgan fingerprint density at radius 1 is 1.46 bits per heavy atom. The first-order valence-electron chi connectivity index (χ1n) is 8.73. The molecule has 3 heterocycles. The van der Waals surface area contributed by atoms with Gasteiger partial charge in [0.25, 0.3) is 5.91 Å². The molecule has 26 heavy (non-hydrogen) atoms. The van der Waals surface area contributed by atoms with E-state index in [4.69, 9.17) is 9.26 Å². The van der Waals surface area contributed by atoms with E-state index in [9.17, 15) is 9.18 Å². The molecule has 8 heteroatoms. The lowest BCUT2D eigenvalue weighted by Gasteiger charge is -2.24. The van der Waals surface area contributed by atoms with E-state index in [-0.39, 0.29) is 24.6 Å². The summed E-state index contributed by atoms with van der Waals surface area (Å²) < 4.78 is 24.0. The molecular weight excluding hydrogens is 339 g/mol. The molecule has 2 unspecified atom stereocenters. The molecule has 2 aromatic rings. The van der Waals surface area contributed by atoms with E-state index < -0.39 is 6.17 Å². The van der Waals surface area contributed by atoms with Crippen LogP contribution in [0.15, 0.2) is 29.1 Å². The van der Waals surface area contributed by atoms with E-state index in [0.717, 1.165) is 11.3 Å². The van der Waals surface area contributed by atoms with Crippen molar-refractivity contribution in [2.45, 2.75) is 51.6 Å². The van der Waals surface area contributed by atoms with E-state index in [2.05, 4.69) is 20.8 Å². The minimum Gasteiger partial charge on any atom is -0.473 e. The van der Waals surface area contributed by atoms with Gasteiger partial charge in [-0.1, -0.05) is 5.16 Å². The number of hydrogen-bond donors (Lipinski definition) is 2. The monoisotopic (exact) mass is 362 g/mol. The van der Waals surface area contributed by atoms with Gasteiger partial charge in [-0.15, -0.1) is 0 Å². The highest BCUT2D eigenvalue weighted by molar-refractivity contribution is 5.94. The number of hydrogen-bond acceptors (Lipinski definition) is 6. The van der Waals surface area contributed by atoms with Crippen LogP contribution in [0.1, 0.15) is 54.3 Å². The zero-order valence-corrected chi connectivity index (χ0v) is 14.9. The van der Waals surface area contributed by atoms with Crippen LogP contribution < -0.4 is 15.4 Å². The molecule has 1 fully saturated rings. The molecular formula is C18H23FN4O3. The number of nitrogens with one attached hydrogen (secondary N) is 2. The first kappa shape index (κ1) is 18.3. The molecule has 1 aliphatic heterocycles. The summed E-state index contributed by atoms with van der Waals surface area (Å²) in [4.78, 5) is 16.1. The molecule has 3 rings (SSSR count). The minimum atomic E-state index is -0.812. The Bertz CT molecular complexity index is 724. The lowest BCUT2D eigenvalue weighted by Crippen LogP contribution is -2.34. The summed E-state index contributed by atoms with van der Waals surface area (Å²) >= 11 is 0. The molecule has 7 nitrogen and oxygen atoms in total. The molecule has 0 saturated carbocycles. The summed E-state index contributed by atoms with van der Waals surface area (Å²) in [5.74, 6) is 0.230. The molecule has 0 bridgehead atoms. The quantitative estimate of drug-likeness (QED) is 0.821. The number of amides is 1. The Balaban J connectivity index is 1.58. The number of aromatic nitrogens is 2. The Morgan fingerprint density at radius 3 is 2.96 bits per heavy atom. The summed E-state index contributed by atoms with van der Waals surface area (Å²) in [6.07, 6.45) is 3.37. The fourth-order valence-electron chi connectivity index (χ4n) is 2.81. The predicted octanol–water partition coefficient (Wildman–Crippen LogP) is 2.55. The molecule has 2 aromatic heterocycles. The van der Waals surface area contributed by atoms with Crippen molar-refractivity contribution in [1.29, 1.82) is 0 Å². The second-order valence-electron chi connectivity index (χ2n) is 6.66. The maximum absolute atomic E-state index is 13.3. The van der Waals surface area contributed by atoms with Crippen molar-refractivity contribution >= 4 is 5.91 Å². The number of alkyl halides is 1. The van der Waals surface area contributed by atoms with Crippen LogP contribution in [0, 0.1) is 0 Å². The molecule has 0 aliphatic carbocycles. The average molecular weight is 362 g/mol. The smallest absolute Gasteiger partial charge is 0.253 e. The van der Waals surface area contributed by atoms with Gasteiger partial charge in [-0.3, -0.25) is 4.79 Å². The van der Waals surface area contributed by atoms with Gasteiger partial charge in [0.2, 0.25) is 5.88 Å². The average Bonchev–Trinajstić information content (AvgIpc) is 3.09. The standard InChI is InChI=1S/C18H23FN4O3/c1-11(2)22-18(24)12-3-6-16(21-7-12)25-9-13-10-26-23-17(13)15-5-4-14(19)8-20-15/h3,6-7,10-11,14-15,20H,4-5,8-9H2,1-2H3,(H,22,24). The zero-order valence-electron chi connectivity index (χ0n) is 14.9. The third-order valence-electron chi connectivity index (χ3n) is 4.15. The van der Waals surface area contributed by atoms with Crippen molar-refractivity contribution in [3.63, 3.8) is 0 Å². The van der Waals surface area contributed by atoms with Gasteiger partial charge in [0.15, 0.2) is 0 Å². The van der Waals surface area contributed by atoms with Gasteiger partial charge in [0.05, 0.1) is 17.2 Å². The van der Waals surface area contributed by atoms with Gasteiger partial charge in [-0.25, -0.2) is 9.37 Å². The fraction of sp³-hybridized carbons (Fsp3) is 0.500. The van der Waals surface area contributed by atoms with Gasteiger partial charge in [-0.2, -0.15) is 0 Å². The maximum atomic E-state index is 13.3. The van der Waals surface area contributed by atoms with Crippen LogP contribution >= 0.6 is 0 Å². The molecule has 0 spiro atoms. The lowest BCUT2D eigenvalue weighted by molar-refractivity contribution is 0.0942. The number of piperidine rings is 1. The number of carbonyl (C=O) groups is 1. The first-order chi connectivity index (χ1) is 12.5. The van der Waals surface area contributed by atoms with Gasteiger partial charge >= 0.3 is 0 Å². The highest BCUT2D eigenvalue weighted by Gasteiger charge is 2.25. The van der Waals surface area contributed by atoms with Crippen molar-refractivity contribution in [3.8, 4) is 5.88 Å². The van der Waals surface area contributed by atoms with Gasteiger partial charge in [0, 0.05) is 24.8 Å². The van der Waals surface area contributed by atoms with Crippen LogP contribution in [0.2, 0.25) is 0 Å². The third kappa shape index (κ3) is 4.57. The minimum absolute atomic E-state index is 0.0329. The number of carbonyl (C=O) groups excluding carboxylic acids is 1. The number of halogens is 1. The maximum Gasteiger partial charge on any atom is 0.253 e. The first-order valence-corrected chi connectivity index (χ1v) is 8.73. The third-order valence-corrected chi connectivity index (χ3v) is 4.15. The fourth-order valence-corrected chi connectivity index (χ4v) is 2.81. The van der Waals surface area contributed by atoms with Crippen molar-refractivity contribution in [2.75, 3.05) is 6.54 Å². The van der Waals surface area contributed by atoms with Gasteiger partial charge in [0.1, 0.15) is 24.7 Å². The SMILES string of the molecule is CC(C)NC(=O)c1ccc(OCc2conc2C2CCC(F)CN2)nc1. The highest BCUT2D eigenvalue weighted by atomic mass is 19.1. The van der Waals surface area contributed by atoms with Crippen LogP contribution in [0.5, 0.6) is 5.88 Å². The highest BCUT2D eigenvalue weighted by Crippen LogP contribution is 2.26. The van der Waals surface area contributed by atoms with E-state index >= 15 is 0 Å². The van der Waals surface area contributed by atoms with E-state index in [0.29, 0.717) is 30.8 Å². The van der Waals surface area contributed by atoms with Crippen molar-refractivity contribution in [2.24, 2.45) is 0 Å². The Kier molecular flexibility index (Phi) is 5.82. The predicted molar refractivity (Wildman–Crippen MR) is 92.5 cm³/mol. The molecule has 2 N–H and O–H groups in total. The molecule has 140 valence electrons. The summed E-state index contributed by atoms with van der Waals surface area (Å²) in [6.45, 7) is 4.35. The van der Waals surface area contributed by atoms with Crippen molar-refractivity contribution < 1.29 is 18.4 Å². The summed E-state index contributed by atoms with van der Waals surface area (Å²) in [7, 11) is 0. The van der Waals surface area contributed by atoms with Crippen LogP contribution in [0.4, 0.5) is 4.39 Å². The normalized spacial score (nSPS) is 20.2. The molecule has 1 aliphatic rings. The molecule has 1 saturated heterocycles. The Labute approximate surface area is 151 Å². The molecule has 2 atom stereocenters. The number of nitrogens with zero attached hydrogens (tertiary/aromatic N) is 2. The summed E-state index contributed by atoms with van der Waals surface area (Å²) in [6, 6.07) is 3.34. The lowest BCUT2D eigenvalue weighted by atomic mass is 9.99. The second-order valence-corrected chi connectivity index (χ2v) is 6.66. The molecule has 0 aromatic carbocycles. The van der Waals surface area contributed by atoms with E-state index in [1.807, 2.05) is 13.8 Å². The summed E-state index contributed by atoms with van der Waals surface area (Å²) in [5, 5.41) is 9.97. The van der Waals surface area contributed by atoms with Crippen LogP contribution in [-0.2, 0) is 6.61 Å². The molecule has 1 amide bonds. The van der Waals surface area contributed by atoms with Crippen LogP contribution in [-0.4, -0.2) is 34.8 Å². The van der Waals surface area contributed by atoms with Gasteiger partial charge in [-0.05, 0) is 32.8 Å². The number of pyridine rings is 1. The van der Waals surface area contributed by atoms with Crippen molar-refractivity contribution in [3.05, 3.63) is 41.4 Å². The van der Waals surface area contributed by atoms with Crippen molar-refractivity contribution in [1.82, 2.24) is 20.8 Å². The largest absolute Gasteiger partial charge is 0.473 e. The van der Waals surface area contributed by atoms with E-state index in [1.54, 1.807) is 12.1 Å². The van der Waals surface area contributed by atoms with E-state index in [1.165, 1.54) is 12.5 Å². The van der Waals surface area contributed by atoms with Crippen LogP contribution in [0.3, 0.4) is 0 Å². The number of rotatable bonds is 6. The summed E-state index contributed by atoms with van der Waals surface area (Å²) in [5.41, 5.74) is 2.01.